The molecule has 2 aliphatic rings. The molecule has 4 N–H and O–H groups in total. The Morgan fingerprint density at radius 2 is 2.23 bits per heavy atom. The molecule has 138 valence electrons. The van der Waals surface area contributed by atoms with Crippen molar-refractivity contribution in [3.05, 3.63) is 29.3 Å². The summed E-state index contributed by atoms with van der Waals surface area (Å²) in [6.07, 6.45) is 7.45. The lowest BCUT2D eigenvalue weighted by atomic mass is 9.91. The molecule has 2 aromatic heterocycles. The van der Waals surface area contributed by atoms with Gasteiger partial charge in [-0.25, -0.2) is 9.37 Å². The van der Waals surface area contributed by atoms with E-state index in [0.717, 1.165) is 25.7 Å². The summed E-state index contributed by atoms with van der Waals surface area (Å²) in [5.74, 6) is -0.601. The van der Waals surface area contributed by atoms with Crippen molar-refractivity contribution in [3.8, 4) is 11.3 Å². The highest BCUT2D eigenvalue weighted by molar-refractivity contribution is 6.04. The maximum absolute atomic E-state index is 15.0. The maximum atomic E-state index is 15.0. The zero-order chi connectivity index (χ0) is 18.3. The van der Waals surface area contributed by atoms with Gasteiger partial charge in [-0.15, -0.1) is 0 Å². The van der Waals surface area contributed by atoms with E-state index in [1.165, 1.54) is 0 Å². The third-order valence-electron chi connectivity index (χ3n) is 5.26. The van der Waals surface area contributed by atoms with Gasteiger partial charge in [-0.1, -0.05) is 12.8 Å². The van der Waals surface area contributed by atoms with Crippen molar-refractivity contribution in [2.24, 2.45) is 5.73 Å². The van der Waals surface area contributed by atoms with Crippen molar-refractivity contribution in [1.29, 1.82) is 0 Å². The topological polar surface area (TPSA) is 97.9 Å². The summed E-state index contributed by atoms with van der Waals surface area (Å²) in [4.78, 5) is 16.7. The van der Waals surface area contributed by atoms with Gasteiger partial charge in [0.15, 0.2) is 11.6 Å². The van der Waals surface area contributed by atoms with Crippen LogP contribution in [0.4, 0.5) is 10.2 Å². The minimum absolute atomic E-state index is 0.0138. The van der Waals surface area contributed by atoms with E-state index in [1.807, 2.05) is 13.1 Å². The largest absolute Gasteiger partial charge is 0.363 e. The Labute approximate surface area is 151 Å². The molecule has 0 aromatic carbocycles. The lowest BCUT2D eigenvalue weighted by Crippen LogP contribution is -2.43. The third-order valence-corrected chi connectivity index (χ3v) is 5.26. The monoisotopic (exact) mass is 358 g/mol. The Morgan fingerprint density at radius 1 is 1.42 bits per heavy atom. The standard InChI is InChI=1S/C18H23FN6O/c1-2-25-9-10(7-22-25)16-14-11(8-21-18(14)26)15(19)17(24-16)23-13-6-4-3-5-12(13)20/h7,9,12-13H,2-6,8,20H2,1H3,(H,21,26)(H,23,24)/t12-,13+/m0/s1. The van der Waals surface area contributed by atoms with Crippen LogP contribution >= 0.6 is 0 Å². The van der Waals surface area contributed by atoms with Crippen LogP contribution in [0.5, 0.6) is 0 Å². The second kappa shape index (κ2) is 6.68. The quantitative estimate of drug-likeness (QED) is 0.777. The summed E-state index contributed by atoms with van der Waals surface area (Å²) in [7, 11) is 0. The first-order valence-corrected chi connectivity index (χ1v) is 9.14. The fraction of sp³-hybridized carbons (Fsp3) is 0.500. The van der Waals surface area contributed by atoms with Crippen molar-refractivity contribution in [2.45, 2.75) is 57.8 Å². The molecule has 1 aliphatic carbocycles. The molecule has 1 saturated carbocycles. The molecule has 7 nitrogen and oxygen atoms in total. The first kappa shape index (κ1) is 17.0. The molecule has 2 atom stereocenters. The number of anilines is 1. The zero-order valence-electron chi connectivity index (χ0n) is 14.8. The van der Waals surface area contributed by atoms with E-state index in [4.69, 9.17) is 5.73 Å². The van der Waals surface area contributed by atoms with E-state index in [0.29, 0.717) is 28.9 Å². The molecule has 1 aliphatic heterocycles. The fourth-order valence-electron chi connectivity index (χ4n) is 3.76. The number of nitrogens with zero attached hydrogens (tertiary/aromatic N) is 3. The van der Waals surface area contributed by atoms with Crippen molar-refractivity contribution in [2.75, 3.05) is 5.32 Å². The number of halogens is 1. The van der Waals surface area contributed by atoms with Gasteiger partial charge in [0.25, 0.3) is 5.91 Å². The predicted molar refractivity (Wildman–Crippen MR) is 96.1 cm³/mol. The summed E-state index contributed by atoms with van der Waals surface area (Å²) < 4.78 is 16.8. The Kier molecular flexibility index (Phi) is 4.36. The predicted octanol–water partition coefficient (Wildman–Crippen LogP) is 2.03. The number of hydrogen-bond donors (Lipinski definition) is 3. The molecule has 1 amide bonds. The molecule has 0 saturated heterocycles. The number of nitrogens with two attached hydrogens (primary N) is 1. The van der Waals surface area contributed by atoms with Gasteiger partial charge in [0, 0.05) is 42.5 Å². The molecule has 3 heterocycles. The number of pyridine rings is 1. The second-order valence-corrected chi connectivity index (χ2v) is 6.94. The van der Waals surface area contributed by atoms with Gasteiger partial charge in [-0.2, -0.15) is 5.10 Å². The molecule has 0 spiro atoms. The number of nitrogens with one attached hydrogen (secondary N) is 2. The van der Waals surface area contributed by atoms with E-state index in [9.17, 15) is 4.79 Å². The number of aryl methyl sites for hydroxylation is 1. The lowest BCUT2D eigenvalue weighted by molar-refractivity contribution is 0.0966. The van der Waals surface area contributed by atoms with Gasteiger partial charge in [-0.3, -0.25) is 9.48 Å². The second-order valence-electron chi connectivity index (χ2n) is 6.94. The maximum Gasteiger partial charge on any atom is 0.254 e. The van der Waals surface area contributed by atoms with Gasteiger partial charge >= 0.3 is 0 Å². The number of fused-ring (bicyclic) bond motifs is 1. The number of carbonyl (C=O) groups is 1. The number of rotatable bonds is 4. The SMILES string of the molecule is CCn1cc(-c2nc(N[C@@H]3CCCC[C@@H]3N)c(F)c3c2C(=O)NC3)cn1. The Balaban J connectivity index is 1.78. The van der Waals surface area contributed by atoms with Crippen molar-refractivity contribution in [3.63, 3.8) is 0 Å². The van der Waals surface area contributed by atoms with Crippen molar-refractivity contribution < 1.29 is 9.18 Å². The zero-order valence-corrected chi connectivity index (χ0v) is 14.8. The molecule has 26 heavy (non-hydrogen) atoms. The van der Waals surface area contributed by atoms with Crippen LogP contribution in [0.2, 0.25) is 0 Å². The summed E-state index contributed by atoms with van der Waals surface area (Å²) in [5, 5.41) is 10.1. The Morgan fingerprint density at radius 3 is 2.96 bits per heavy atom. The summed E-state index contributed by atoms with van der Waals surface area (Å²) >= 11 is 0. The number of hydrogen-bond acceptors (Lipinski definition) is 5. The minimum atomic E-state index is -0.470. The molecule has 2 aromatic rings. The Hall–Kier alpha value is -2.48. The van der Waals surface area contributed by atoms with E-state index < -0.39 is 5.82 Å². The summed E-state index contributed by atoms with van der Waals surface area (Å²) in [6, 6.07) is -0.0377. The van der Waals surface area contributed by atoms with Crippen molar-refractivity contribution in [1.82, 2.24) is 20.1 Å². The van der Waals surface area contributed by atoms with E-state index in [-0.39, 0.29) is 30.4 Å². The van der Waals surface area contributed by atoms with Gasteiger partial charge in [0.1, 0.15) is 0 Å². The molecule has 4 rings (SSSR count). The third kappa shape index (κ3) is 2.84. The van der Waals surface area contributed by atoms with Crippen LogP contribution in [0, 0.1) is 5.82 Å². The van der Waals surface area contributed by atoms with Crippen LogP contribution in [0.25, 0.3) is 11.3 Å². The van der Waals surface area contributed by atoms with Crippen LogP contribution in [0.15, 0.2) is 12.4 Å². The first-order valence-electron chi connectivity index (χ1n) is 9.14. The smallest absolute Gasteiger partial charge is 0.254 e. The normalized spacial score (nSPS) is 22.2. The first-order chi connectivity index (χ1) is 12.6. The van der Waals surface area contributed by atoms with Crippen LogP contribution in [0.3, 0.4) is 0 Å². The number of carbonyl (C=O) groups excluding carboxylic acids is 1. The molecular weight excluding hydrogens is 335 g/mol. The summed E-state index contributed by atoms with van der Waals surface area (Å²) in [5.41, 5.74) is 8.02. The molecule has 0 bridgehead atoms. The van der Waals surface area contributed by atoms with Gasteiger partial charge in [0.05, 0.1) is 17.5 Å². The molecule has 1 fully saturated rings. The fourth-order valence-corrected chi connectivity index (χ4v) is 3.76. The summed E-state index contributed by atoms with van der Waals surface area (Å²) in [6.45, 7) is 2.85. The van der Waals surface area contributed by atoms with Gasteiger partial charge in [-0.05, 0) is 19.8 Å². The van der Waals surface area contributed by atoms with Crippen LogP contribution in [-0.4, -0.2) is 32.8 Å². The molecular formula is C18H23FN6O. The molecule has 8 heteroatoms. The van der Waals surface area contributed by atoms with Gasteiger partial charge in [0.2, 0.25) is 0 Å². The average molecular weight is 358 g/mol. The number of amides is 1. The van der Waals surface area contributed by atoms with Crippen molar-refractivity contribution >= 4 is 11.7 Å². The highest BCUT2D eigenvalue weighted by Gasteiger charge is 2.32. The van der Waals surface area contributed by atoms with Crippen LogP contribution in [0.1, 0.15) is 48.5 Å². The Bertz CT molecular complexity index is 848. The number of aromatic nitrogens is 3. The average Bonchev–Trinajstić information content (AvgIpc) is 3.27. The van der Waals surface area contributed by atoms with Gasteiger partial charge < -0.3 is 16.4 Å². The van der Waals surface area contributed by atoms with Crippen LogP contribution < -0.4 is 16.4 Å². The van der Waals surface area contributed by atoms with Crippen LogP contribution in [-0.2, 0) is 13.1 Å². The highest BCUT2D eigenvalue weighted by Crippen LogP contribution is 2.33. The lowest BCUT2D eigenvalue weighted by Gasteiger charge is -2.30. The highest BCUT2D eigenvalue weighted by atomic mass is 19.1. The van der Waals surface area contributed by atoms with E-state index in [1.54, 1.807) is 10.9 Å². The van der Waals surface area contributed by atoms with E-state index in [2.05, 4.69) is 20.7 Å². The van der Waals surface area contributed by atoms with E-state index >= 15 is 4.39 Å². The molecule has 0 radical (unpaired) electrons. The minimum Gasteiger partial charge on any atom is -0.363 e. The molecule has 0 unspecified atom stereocenters.